The minimum Gasteiger partial charge on any atom is -0.0916 e. The van der Waals surface area contributed by atoms with Crippen LogP contribution >= 0.6 is 0 Å². The van der Waals surface area contributed by atoms with Gasteiger partial charge in [0.1, 0.15) is 0 Å². The third-order valence-corrected chi connectivity index (χ3v) is 2.55. The first-order chi connectivity index (χ1) is 5.18. The SMILES string of the molecule is C/C=C\CC(C)(CC)CCC. The number of hydrogen-bond acceptors (Lipinski definition) is 0. The van der Waals surface area contributed by atoms with Crippen LogP contribution in [0, 0.1) is 5.41 Å². The molecule has 0 heteroatoms. The molecule has 0 amide bonds. The molecule has 0 nitrogen and oxygen atoms in total. The van der Waals surface area contributed by atoms with E-state index in [1.807, 2.05) is 0 Å². The maximum Gasteiger partial charge on any atom is -0.0294 e. The van der Waals surface area contributed by atoms with Crippen LogP contribution in [0.2, 0.25) is 0 Å². The zero-order valence-electron chi connectivity index (χ0n) is 8.48. The smallest absolute Gasteiger partial charge is 0.0294 e. The maximum atomic E-state index is 2.39. The van der Waals surface area contributed by atoms with Gasteiger partial charge in [-0.05, 0) is 25.2 Å². The van der Waals surface area contributed by atoms with Crippen molar-refractivity contribution in [3.8, 4) is 0 Å². The molecule has 11 heavy (non-hydrogen) atoms. The lowest BCUT2D eigenvalue weighted by atomic mass is 9.80. The highest BCUT2D eigenvalue weighted by atomic mass is 14.2. The summed E-state index contributed by atoms with van der Waals surface area (Å²) in [6.07, 6.45) is 9.65. The molecule has 1 atom stereocenters. The predicted molar refractivity (Wildman–Crippen MR) is 52.7 cm³/mol. The molecule has 0 aromatic carbocycles. The highest BCUT2D eigenvalue weighted by Crippen LogP contribution is 2.31. The lowest BCUT2D eigenvalue weighted by Crippen LogP contribution is -2.13. The van der Waals surface area contributed by atoms with Gasteiger partial charge in [0.2, 0.25) is 0 Å². The van der Waals surface area contributed by atoms with Crippen LogP contribution in [0.1, 0.15) is 53.4 Å². The molecule has 0 aromatic rings. The quantitative estimate of drug-likeness (QED) is 0.521. The van der Waals surface area contributed by atoms with Crippen molar-refractivity contribution in [2.24, 2.45) is 5.41 Å². The van der Waals surface area contributed by atoms with Crippen molar-refractivity contribution in [2.45, 2.75) is 53.4 Å². The first-order valence-corrected chi connectivity index (χ1v) is 4.79. The van der Waals surface area contributed by atoms with E-state index in [1.54, 1.807) is 0 Å². The van der Waals surface area contributed by atoms with E-state index in [4.69, 9.17) is 0 Å². The van der Waals surface area contributed by atoms with Crippen LogP contribution in [0.15, 0.2) is 12.2 Å². The molecule has 0 aliphatic heterocycles. The standard InChI is InChI=1S/C11H22/c1-5-8-10-11(4,7-3)9-6-2/h5,8H,6-7,9-10H2,1-4H3/b8-5-. The second kappa shape index (κ2) is 5.40. The van der Waals surface area contributed by atoms with E-state index >= 15 is 0 Å². The Morgan fingerprint density at radius 3 is 2.27 bits per heavy atom. The summed E-state index contributed by atoms with van der Waals surface area (Å²) >= 11 is 0. The third-order valence-electron chi connectivity index (χ3n) is 2.55. The van der Waals surface area contributed by atoms with Crippen LogP contribution in [-0.4, -0.2) is 0 Å². The summed E-state index contributed by atoms with van der Waals surface area (Å²) in [4.78, 5) is 0. The van der Waals surface area contributed by atoms with Gasteiger partial charge < -0.3 is 0 Å². The van der Waals surface area contributed by atoms with Gasteiger partial charge in [-0.1, -0.05) is 45.8 Å². The van der Waals surface area contributed by atoms with E-state index in [-0.39, 0.29) is 0 Å². The summed E-state index contributed by atoms with van der Waals surface area (Å²) in [5, 5.41) is 0. The molecule has 0 saturated heterocycles. The van der Waals surface area contributed by atoms with Crippen LogP contribution in [0.5, 0.6) is 0 Å². The van der Waals surface area contributed by atoms with Gasteiger partial charge in [-0.3, -0.25) is 0 Å². The molecule has 0 rings (SSSR count). The molecule has 0 saturated carbocycles. The Hall–Kier alpha value is -0.260. The molecular weight excluding hydrogens is 132 g/mol. The van der Waals surface area contributed by atoms with Gasteiger partial charge in [0.25, 0.3) is 0 Å². The second-order valence-electron chi connectivity index (χ2n) is 3.69. The first kappa shape index (κ1) is 10.7. The lowest BCUT2D eigenvalue weighted by Gasteiger charge is -2.26. The minimum absolute atomic E-state index is 0.557. The van der Waals surface area contributed by atoms with Gasteiger partial charge in [0.05, 0.1) is 0 Å². The number of hydrogen-bond donors (Lipinski definition) is 0. The normalized spacial score (nSPS) is 17.1. The topological polar surface area (TPSA) is 0 Å². The fourth-order valence-electron chi connectivity index (χ4n) is 1.43. The molecule has 0 radical (unpaired) electrons. The number of allylic oxidation sites excluding steroid dienone is 2. The largest absolute Gasteiger partial charge is 0.0916 e. The van der Waals surface area contributed by atoms with E-state index in [9.17, 15) is 0 Å². The minimum atomic E-state index is 0.557. The van der Waals surface area contributed by atoms with Crippen LogP contribution in [-0.2, 0) is 0 Å². The average Bonchev–Trinajstić information content (AvgIpc) is 2.02. The van der Waals surface area contributed by atoms with Crippen LogP contribution in [0.3, 0.4) is 0 Å². The highest BCUT2D eigenvalue weighted by Gasteiger charge is 2.18. The lowest BCUT2D eigenvalue weighted by molar-refractivity contribution is 0.285. The van der Waals surface area contributed by atoms with E-state index in [2.05, 4.69) is 39.8 Å². The Kier molecular flexibility index (Phi) is 5.27. The molecule has 0 aliphatic carbocycles. The van der Waals surface area contributed by atoms with E-state index in [0.717, 1.165) is 0 Å². The summed E-state index contributed by atoms with van der Waals surface area (Å²) in [6, 6.07) is 0. The van der Waals surface area contributed by atoms with E-state index in [1.165, 1.54) is 25.7 Å². The van der Waals surface area contributed by atoms with E-state index in [0.29, 0.717) is 5.41 Å². The zero-order chi connectivity index (χ0) is 8.74. The van der Waals surface area contributed by atoms with Crippen molar-refractivity contribution < 1.29 is 0 Å². The van der Waals surface area contributed by atoms with Crippen molar-refractivity contribution in [3.05, 3.63) is 12.2 Å². The Morgan fingerprint density at radius 2 is 1.91 bits per heavy atom. The summed E-state index contributed by atoms with van der Waals surface area (Å²) in [7, 11) is 0. The molecule has 0 bridgehead atoms. The van der Waals surface area contributed by atoms with Gasteiger partial charge >= 0.3 is 0 Å². The van der Waals surface area contributed by atoms with Gasteiger partial charge in [-0.15, -0.1) is 0 Å². The zero-order valence-corrected chi connectivity index (χ0v) is 8.48. The van der Waals surface area contributed by atoms with Gasteiger partial charge in [-0.25, -0.2) is 0 Å². The molecule has 0 aliphatic rings. The Morgan fingerprint density at radius 1 is 1.27 bits per heavy atom. The van der Waals surface area contributed by atoms with Gasteiger partial charge in [0.15, 0.2) is 0 Å². The molecule has 0 aromatic heterocycles. The highest BCUT2D eigenvalue weighted by molar-refractivity contribution is 4.86. The van der Waals surface area contributed by atoms with Crippen molar-refractivity contribution in [2.75, 3.05) is 0 Å². The van der Waals surface area contributed by atoms with Crippen LogP contribution in [0.4, 0.5) is 0 Å². The monoisotopic (exact) mass is 154 g/mol. The molecule has 66 valence electrons. The Labute approximate surface area is 71.7 Å². The van der Waals surface area contributed by atoms with Crippen LogP contribution < -0.4 is 0 Å². The fourth-order valence-corrected chi connectivity index (χ4v) is 1.43. The summed E-state index contributed by atoms with van der Waals surface area (Å²) in [5.74, 6) is 0. The molecule has 0 spiro atoms. The van der Waals surface area contributed by atoms with Crippen molar-refractivity contribution in [1.29, 1.82) is 0 Å². The molecule has 1 unspecified atom stereocenters. The molecule has 0 N–H and O–H groups in total. The summed E-state index contributed by atoms with van der Waals surface area (Å²) in [5.41, 5.74) is 0.557. The average molecular weight is 154 g/mol. The number of rotatable bonds is 5. The molecule has 0 heterocycles. The predicted octanol–water partition coefficient (Wildman–Crippen LogP) is 4.17. The Balaban J connectivity index is 3.87. The van der Waals surface area contributed by atoms with Gasteiger partial charge in [-0.2, -0.15) is 0 Å². The van der Waals surface area contributed by atoms with Crippen molar-refractivity contribution in [3.63, 3.8) is 0 Å². The third kappa shape index (κ3) is 4.23. The Bertz CT molecular complexity index is 113. The first-order valence-electron chi connectivity index (χ1n) is 4.79. The van der Waals surface area contributed by atoms with E-state index < -0.39 is 0 Å². The molecular formula is C11H22. The summed E-state index contributed by atoms with van der Waals surface area (Å²) < 4.78 is 0. The second-order valence-corrected chi connectivity index (χ2v) is 3.69. The van der Waals surface area contributed by atoms with Crippen molar-refractivity contribution in [1.82, 2.24) is 0 Å². The van der Waals surface area contributed by atoms with Gasteiger partial charge in [0, 0.05) is 0 Å². The maximum absolute atomic E-state index is 2.39. The molecule has 0 fully saturated rings. The fraction of sp³-hybridized carbons (Fsp3) is 0.818. The van der Waals surface area contributed by atoms with Crippen molar-refractivity contribution >= 4 is 0 Å². The van der Waals surface area contributed by atoms with Crippen LogP contribution in [0.25, 0.3) is 0 Å². The summed E-state index contributed by atoms with van der Waals surface area (Å²) in [6.45, 7) is 9.04.